The highest BCUT2D eigenvalue weighted by molar-refractivity contribution is 5.36. The second-order valence-corrected chi connectivity index (χ2v) is 7.37. The van der Waals surface area contributed by atoms with Crippen molar-refractivity contribution in [1.82, 2.24) is 0 Å². The molecule has 14 heteroatoms. The van der Waals surface area contributed by atoms with Gasteiger partial charge in [-0.3, -0.25) is 10.1 Å². The lowest BCUT2D eigenvalue weighted by Gasteiger charge is -2.45. The molecule has 3 rings (SSSR count). The molecule has 14 nitrogen and oxygen atoms in total. The van der Waals surface area contributed by atoms with E-state index >= 15 is 0 Å². The first kappa shape index (κ1) is 24.7. The summed E-state index contributed by atoms with van der Waals surface area (Å²) in [7, 11) is 0. The molecule has 1 aromatic carbocycles. The molecule has 0 amide bonds. The number of nitrogens with zero attached hydrogens (tertiary/aromatic N) is 1. The topological polar surface area (TPSA) is 222 Å². The van der Waals surface area contributed by atoms with Gasteiger partial charge in [0.1, 0.15) is 54.6 Å². The van der Waals surface area contributed by atoms with Crippen molar-refractivity contribution in [2.24, 2.45) is 0 Å². The smallest absolute Gasteiger partial charge is 0.269 e. The van der Waals surface area contributed by atoms with Crippen LogP contribution in [-0.4, -0.2) is 115 Å². The predicted octanol–water partition coefficient (Wildman–Crippen LogP) is -3.40. The van der Waals surface area contributed by atoms with Crippen molar-refractivity contribution < 1.29 is 59.6 Å². The molecule has 32 heavy (non-hydrogen) atoms. The molecule has 180 valence electrons. The Morgan fingerprint density at radius 1 is 0.812 bits per heavy atom. The highest BCUT2D eigenvalue weighted by Gasteiger charge is 2.51. The van der Waals surface area contributed by atoms with Crippen molar-refractivity contribution in [3.63, 3.8) is 0 Å². The molecule has 0 aliphatic carbocycles. The lowest BCUT2D eigenvalue weighted by molar-refractivity contribution is -0.384. The molecule has 0 bridgehead atoms. The lowest BCUT2D eigenvalue weighted by atomic mass is 9.97. The van der Waals surface area contributed by atoms with Gasteiger partial charge in [-0.15, -0.1) is 0 Å². The number of non-ortho nitro benzene ring substituents is 1. The second-order valence-electron chi connectivity index (χ2n) is 7.37. The summed E-state index contributed by atoms with van der Waals surface area (Å²) in [5.74, 6) is 0.0804. The molecule has 1 aromatic rings. The minimum absolute atomic E-state index is 0.0804. The van der Waals surface area contributed by atoms with Gasteiger partial charge in [-0.05, 0) is 12.1 Å². The van der Waals surface area contributed by atoms with Gasteiger partial charge < -0.3 is 54.7 Å². The predicted molar refractivity (Wildman–Crippen MR) is 100 cm³/mol. The van der Waals surface area contributed by atoms with Crippen LogP contribution >= 0.6 is 0 Å². The van der Waals surface area contributed by atoms with Crippen LogP contribution in [0, 0.1) is 10.1 Å². The summed E-state index contributed by atoms with van der Waals surface area (Å²) in [5, 5.41) is 80.4. The largest absolute Gasteiger partial charge is 0.462 e. The van der Waals surface area contributed by atoms with E-state index in [1.165, 1.54) is 12.1 Å². The Bertz CT molecular complexity index is 760. The normalized spacial score (nSPS) is 40.1. The molecule has 10 atom stereocenters. The first-order valence-electron chi connectivity index (χ1n) is 9.67. The SMILES string of the molecule is O=[N+]([O-])c1ccc(O[C@@H]2O[C@H](CO)[C@@H](O[C@@H]3O[C@@H](CO)[C@@H](O)[C@@H](O)[C@H]3O)[C@@H](O)[C@H]2O)cc1. The Balaban J connectivity index is 1.70. The number of aliphatic hydroxyl groups excluding tert-OH is 7. The maximum atomic E-state index is 10.7. The zero-order chi connectivity index (χ0) is 23.6. The molecule has 0 spiro atoms. The van der Waals surface area contributed by atoms with Crippen LogP contribution in [0.4, 0.5) is 5.69 Å². The summed E-state index contributed by atoms with van der Waals surface area (Å²) < 4.78 is 21.5. The van der Waals surface area contributed by atoms with Gasteiger partial charge in [0.25, 0.3) is 5.69 Å². The maximum Gasteiger partial charge on any atom is 0.269 e. The van der Waals surface area contributed by atoms with Crippen molar-refractivity contribution in [2.75, 3.05) is 13.2 Å². The molecular weight excluding hydrogens is 438 g/mol. The van der Waals surface area contributed by atoms with E-state index in [1.807, 2.05) is 0 Å². The van der Waals surface area contributed by atoms with Gasteiger partial charge in [-0.2, -0.15) is 0 Å². The van der Waals surface area contributed by atoms with E-state index in [4.69, 9.17) is 18.9 Å². The standard InChI is InChI=1S/C18H25NO13/c20-5-9-11(22)12(23)14(25)18(30-9)32-16-10(6-21)31-17(15(26)13(16)24)29-8-3-1-7(2-4-8)19(27)28/h1-4,9-18,20-26H,5-6H2/t9-,10+,11+,12+,13-,14+,15+,16+,17+,18-/m0/s1. The molecule has 0 radical (unpaired) electrons. The number of rotatable bonds is 7. The van der Waals surface area contributed by atoms with Crippen molar-refractivity contribution in [3.8, 4) is 5.75 Å². The van der Waals surface area contributed by atoms with Crippen LogP contribution in [0.3, 0.4) is 0 Å². The Labute approximate surface area is 180 Å². The van der Waals surface area contributed by atoms with Gasteiger partial charge in [0.05, 0.1) is 18.1 Å². The molecule has 2 heterocycles. The molecule has 2 fully saturated rings. The fraction of sp³-hybridized carbons (Fsp3) is 0.667. The summed E-state index contributed by atoms with van der Waals surface area (Å²) in [6.45, 7) is -1.42. The molecule has 0 unspecified atom stereocenters. The molecule has 2 aliphatic heterocycles. The maximum absolute atomic E-state index is 10.7. The number of benzene rings is 1. The average molecular weight is 463 g/mol. The van der Waals surface area contributed by atoms with Crippen molar-refractivity contribution in [2.45, 2.75) is 61.4 Å². The van der Waals surface area contributed by atoms with Gasteiger partial charge in [0.15, 0.2) is 6.29 Å². The van der Waals surface area contributed by atoms with Crippen LogP contribution in [-0.2, 0) is 14.2 Å². The average Bonchev–Trinajstić information content (AvgIpc) is 2.79. The van der Waals surface area contributed by atoms with Crippen LogP contribution in [0.25, 0.3) is 0 Å². The quantitative estimate of drug-likeness (QED) is 0.155. The molecule has 2 aliphatic rings. The van der Waals surface area contributed by atoms with Gasteiger partial charge in [-0.1, -0.05) is 0 Å². The fourth-order valence-corrected chi connectivity index (χ4v) is 3.43. The van der Waals surface area contributed by atoms with E-state index in [-0.39, 0.29) is 11.4 Å². The molecule has 2 saturated heterocycles. The van der Waals surface area contributed by atoms with Crippen molar-refractivity contribution in [3.05, 3.63) is 34.4 Å². The lowest BCUT2D eigenvalue weighted by Crippen LogP contribution is -2.65. The summed E-state index contributed by atoms with van der Waals surface area (Å²) >= 11 is 0. The van der Waals surface area contributed by atoms with Gasteiger partial charge in [-0.25, -0.2) is 0 Å². The number of nitro groups is 1. The third-order valence-electron chi connectivity index (χ3n) is 5.26. The van der Waals surface area contributed by atoms with E-state index in [1.54, 1.807) is 0 Å². The number of ether oxygens (including phenoxy) is 4. The fourth-order valence-electron chi connectivity index (χ4n) is 3.43. The molecule has 0 saturated carbocycles. The number of nitro benzene ring substituents is 1. The first-order valence-corrected chi connectivity index (χ1v) is 9.67. The van der Waals surface area contributed by atoms with E-state index in [9.17, 15) is 45.9 Å². The highest BCUT2D eigenvalue weighted by Crippen LogP contribution is 2.30. The molecular formula is C18H25NO13. The first-order chi connectivity index (χ1) is 15.2. The Morgan fingerprint density at radius 3 is 1.94 bits per heavy atom. The highest BCUT2D eigenvalue weighted by atomic mass is 16.7. The van der Waals surface area contributed by atoms with E-state index in [0.717, 1.165) is 12.1 Å². The molecule has 0 aromatic heterocycles. The van der Waals surface area contributed by atoms with Crippen molar-refractivity contribution >= 4 is 5.69 Å². The third-order valence-corrected chi connectivity index (χ3v) is 5.26. The Morgan fingerprint density at radius 2 is 1.38 bits per heavy atom. The van der Waals surface area contributed by atoms with Crippen LogP contribution in [0.1, 0.15) is 0 Å². The third kappa shape index (κ3) is 4.99. The minimum Gasteiger partial charge on any atom is -0.462 e. The second kappa shape index (κ2) is 10.3. The monoisotopic (exact) mass is 463 g/mol. The van der Waals surface area contributed by atoms with E-state index in [2.05, 4.69) is 0 Å². The summed E-state index contributed by atoms with van der Waals surface area (Å²) in [6.07, 6.45) is -15.7. The minimum atomic E-state index is -1.77. The number of aliphatic hydroxyl groups is 7. The Hall–Kier alpha value is -1.98. The molecule has 7 N–H and O–H groups in total. The van der Waals surface area contributed by atoms with E-state index < -0.39 is 79.5 Å². The van der Waals surface area contributed by atoms with Crippen LogP contribution in [0.2, 0.25) is 0 Å². The number of hydrogen-bond donors (Lipinski definition) is 7. The van der Waals surface area contributed by atoms with E-state index in [0.29, 0.717) is 0 Å². The number of hydrogen-bond acceptors (Lipinski definition) is 13. The Kier molecular flexibility index (Phi) is 7.94. The summed E-state index contributed by atoms with van der Waals surface area (Å²) in [6, 6.07) is 4.83. The zero-order valence-electron chi connectivity index (χ0n) is 16.5. The summed E-state index contributed by atoms with van der Waals surface area (Å²) in [4.78, 5) is 10.1. The van der Waals surface area contributed by atoms with Crippen LogP contribution in [0.5, 0.6) is 5.75 Å². The van der Waals surface area contributed by atoms with Crippen LogP contribution < -0.4 is 4.74 Å². The van der Waals surface area contributed by atoms with Gasteiger partial charge in [0.2, 0.25) is 6.29 Å². The van der Waals surface area contributed by atoms with Crippen molar-refractivity contribution in [1.29, 1.82) is 0 Å². The van der Waals surface area contributed by atoms with Gasteiger partial charge >= 0.3 is 0 Å². The van der Waals surface area contributed by atoms with Gasteiger partial charge in [0, 0.05) is 12.1 Å². The van der Waals surface area contributed by atoms with Crippen LogP contribution in [0.15, 0.2) is 24.3 Å². The summed E-state index contributed by atoms with van der Waals surface area (Å²) in [5.41, 5.74) is -0.191. The zero-order valence-corrected chi connectivity index (χ0v) is 16.5.